The summed E-state index contributed by atoms with van der Waals surface area (Å²) in [5.41, 5.74) is -0.575. The average molecular weight is 268 g/mol. The fourth-order valence-electron chi connectivity index (χ4n) is 1.68. The number of aliphatic hydroxyl groups is 1. The van der Waals surface area contributed by atoms with Gasteiger partial charge in [-0.05, 0) is 6.42 Å². The van der Waals surface area contributed by atoms with Gasteiger partial charge in [-0.15, -0.1) is 0 Å². The molecule has 0 saturated carbocycles. The van der Waals surface area contributed by atoms with E-state index in [4.69, 9.17) is 5.11 Å². The molecule has 2 rings (SSSR count). The van der Waals surface area contributed by atoms with Gasteiger partial charge in [0.1, 0.15) is 0 Å². The van der Waals surface area contributed by atoms with Gasteiger partial charge in [-0.1, -0.05) is 30.3 Å². The summed E-state index contributed by atoms with van der Waals surface area (Å²) < 4.78 is 38.7. The Bertz CT molecular complexity index is 556. The van der Waals surface area contributed by atoms with Crippen molar-refractivity contribution in [2.24, 2.45) is 0 Å². The minimum atomic E-state index is -4.56. The van der Waals surface area contributed by atoms with Crippen molar-refractivity contribution in [3.05, 3.63) is 47.8 Å². The zero-order valence-corrected chi connectivity index (χ0v) is 9.85. The third kappa shape index (κ3) is 3.08. The van der Waals surface area contributed by atoms with E-state index in [2.05, 4.69) is 9.97 Å². The van der Waals surface area contributed by atoms with Crippen LogP contribution in [0, 0.1) is 0 Å². The Hall–Kier alpha value is -1.95. The molecule has 100 valence electrons. The highest BCUT2D eigenvalue weighted by Crippen LogP contribution is 2.31. The van der Waals surface area contributed by atoms with Crippen LogP contribution in [0.5, 0.6) is 0 Å². The van der Waals surface area contributed by atoms with Crippen LogP contribution in [0.1, 0.15) is 11.3 Å². The second-order valence-electron chi connectivity index (χ2n) is 3.90. The topological polar surface area (TPSA) is 46.0 Å². The largest absolute Gasteiger partial charge is 0.433 e. The Labute approximate surface area is 107 Å². The Kier molecular flexibility index (Phi) is 3.80. The van der Waals surface area contributed by atoms with Crippen molar-refractivity contribution in [3.63, 3.8) is 0 Å². The van der Waals surface area contributed by atoms with Gasteiger partial charge in [0, 0.05) is 23.9 Å². The first-order valence-corrected chi connectivity index (χ1v) is 5.62. The third-order valence-electron chi connectivity index (χ3n) is 2.55. The molecule has 0 bridgehead atoms. The summed E-state index contributed by atoms with van der Waals surface area (Å²) in [6, 6.07) is 8.44. The molecule has 0 aliphatic rings. The molecule has 0 amide bonds. The van der Waals surface area contributed by atoms with Crippen LogP contribution in [0.15, 0.2) is 36.5 Å². The van der Waals surface area contributed by atoms with Crippen LogP contribution in [0.2, 0.25) is 0 Å². The monoisotopic (exact) mass is 268 g/mol. The highest BCUT2D eigenvalue weighted by atomic mass is 19.4. The number of hydrogen-bond acceptors (Lipinski definition) is 3. The molecule has 1 aromatic carbocycles. The van der Waals surface area contributed by atoms with E-state index < -0.39 is 11.9 Å². The van der Waals surface area contributed by atoms with Crippen molar-refractivity contribution in [1.82, 2.24) is 9.97 Å². The van der Waals surface area contributed by atoms with Crippen LogP contribution in [-0.4, -0.2) is 21.7 Å². The van der Waals surface area contributed by atoms with Gasteiger partial charge in [0.05, 0.1) is 0 Å². The molecule has 0 atom stereocenters. The van der Waals surface area contributed by atoms with Crippen molar-refractivity contribution in [2.75, 3.05) is 6.61 Å². The molecule has 19 heavy (non-hydrogen) atoms. The number of rotatable bonds is 3. The first kappa shape index (κ1) is 13.5. The first-order chi connectivity index (χ1) is 9.02. The lowest BCUT2D eigenvalue weighted by Crippen LogP contribution is -2.14. The summed E-state index contributed by atoms with van der Waals surface area (Å²) in [7, 11) is 0. The van der Waals surface area contributed by atoms with E-state index in [1.165, 1.54) is 0 Å². The second-order valence-corrected chi connectivity index (χ2v) is 3.90. The molecule has 0 spiro atoms. The predicted octanol–water partition coefficient (Wildman–Crippen LogP) is 2.70. The van der Waals surface area contributed by atoms with E-state index in [1.54, 1.807) is 30.3 Å². The Morgan fingerprint density at radius 1 is 1.11 bits per heavy atom. The summed E-state index contributed by atoms with van der Waals surface area (Å²) in [6.07, 6.45) is -3.56. The van der Waals surface area contributed by atoms with E-state index in [0.29, 0.717) is 5.56 Å². The molecule has 0 aliphatic heterocycles. The fraction of sp³-hybridized carbons (Fsp3) is 0.231. The maximum Gasteiger partial charge on any atom is 0.433 e. The maximum atomic E-state index is 12.9. The maximum absolute atomic E-state index is 12.9. The molecule has 2 aromatic rings. The van der Waals surface area contributed by atoms with E-state index in [9.17, 15) is 13.2 Å². The molecule has 0 unspecified atom stereocenters. The second kappa shape index (κ2) is 5.36. The van der Waals surface area contributed by atoms with Crippen molar-refractivity contribution in [2.45, 2.75) is 12.6 Å². The highest BCUT2D eigenvalue weighted by Gasteiger charge is 2.35. The van der Waals surface area contributed by atoms with Gasteiger partial charge in [-0.25, -0.2) is 9.97 Å². The minimum absolute atomic E-state index is 0.0228. The number of halogens is 3. The van der Waals surface area contributed by atoms with Crippen molar-refractivity contribution >= 4 is 0 Å². The van der Waals surface area contributed by atoms with Gasteiger partial charge in [-0.2, -0.15) is 13.2 Å². The Morgan fingerprint density at radius 3 is 2.37 bits per heavy atom. The van der Waals surface area contributed by atoms with Gasteiger partial charge < -0.3 is 5.11 Å². The molecule has 0 aliphatic carbocycles. The number of aliphatic hydroxyl groups excluding tert-OH is 1. The summed E-state index contributed by atoms with van der Waals surface area (Å²) in [5, 5.41) is 8.77. The predicted molar refractivity (Wildman–Crippen MR) is 63.3 cm³/mol. The zero-order chi connectivity index (χ0) is 13.9. The zero-order valence-electron chi connectivity index (χ0n) is 9.85. The van der Waals surface area contributed by atoms with Gasteiger partial charge in [-0.3, -0.25) is 0 Å². The fourth-order valence-corrected chi connectivity index (χ4v) is 1.68. The normalized spacial score (nSPS) is 11.6. The number of alkyl halides is 3. The van der Waals surface area contributed by atoms with E-state index in [-0.39, 0.29) is 24.4 Å². The molecule has 3 nitrogen and oxygen atoms in total. The molecule has 6 heteroatoms. The smallest absolute Gasteiger partial charge is 0.396 e. The van der Waals surface area contributed by atoms with Crippen LogP contribution in [-0.2, 0) is 12.6 Å². The molecular formula is C13H11F3N2O. The van der Waals surface area contributed by atoms with Crippen molar-refractivity contribution < 1.29 is 18.3 Å². The van der Waals surface area contributed by atoms with Crippen LogP contribution >= 0.6 is 0 Å². The summed E-state index contributed by atoms with van der Waals surface area (Å²) in [5.74, 6) is 0.0228. The van der Waals surface area contributed by atoms with Crippen molar-refractivity contribution in [1.29, 1.82) is 0 Å². The standard InChI is InChI=1S/C13H11F3N2O/c14-13(15,16)11-10(6-7-19)8-17-12(18-11)9-4-2-1-3-5-9/h1-5,8,19H,6-7H2. The first-order valence-electron chi connectivity index (χ1n) is 5.62. The summed E-state index contributed by atoms with van der Waals surface area (Å²) in [6.45, 7) is -0.378. The van der Waals surface area contributed by atoms with E-state index >= 15 is 0 Å². The molecule has 1 aromatic heterocycles. The summed E-state index contributed by atoms with van der Waals surface area (Å²) >= 11 is 0. The number of benzene rings is 1. The Morgan fingerprint density at radius 2 is 1.79 bits per heavy atom. The number of hydrogen-bond donors (Lipinski definition) is 1. The van der Waals surface area contributed by atoms with Crippen LogP contribution < -0.4 is 0 Å². The van der Waals surface area contributed by atoms with Crippen LogP contribution in [0.3, 0.4) is 0 Å². The van der Waals surface area contributed by atoms with Gasteiger partial charge >= 0.3 is 6.18 Å². The minimum Gasteiger partial charge on any atom is -0.396 e. The van der Waals surface area contributed by atoms with Crippen molar-refractivity contribution in [3.8, 4) is 11.4 Å². The Balaban J connectivity index is 2.50. The number of aromatic nitrogens is 2. The SMILES string of the molecule is OCCc1cnc(-c2ccccc2)nc1C(F)(F)F. The van der Waals surface area contributed by atoms with Gasteiger partial charge in [0.15, 0.2) is 11.5 Å². The lowest BCUT2D eigenvalue weighted by atomic mass is 10.1. The third-order valence-corrected chi connectivity index (χ3v) is 2.55. The van der Waals surface area contributed by atoms with E-state index in [1.807, 2.05) is 0 Å². The molecule has 0 fully saturated rings. The molecule has 1 N–H and O–H groups in total. The van der Waals surface area contributed by atoms with E-state index in [0.717, 1.165) is 6.20 Å². The molecule has 0 radical (unpaired) electrons. The van der Waals surface area contributed by atoms with Gasteiger partial charge in [0.2, 0.25) is 0 Å². The lowest BCUT2D eigenvalue weighted by molar-refractivity contribution is -0.141. The lowest BCUT2D eigenvalue weighted by Gasteiger charge is -2.12. The molecule has 0 saturated heterocycles. The van der Waals surface area contributed by atoms with Crippen LogP contribution in [0.25, 0.3) is 11.4 Å². The van der Waals surface area contributed by atoms with Gasteiger partial charge in [0.25, 0.3) is 0 Å². The van der Waals surface area contributed by atoms with Crippen LogP contribution in [0.4, 0.5) is 13.2 Å². The highest BCUT2D eigenvalue weighted by molar-refractivity contribution is 5.54. The number of nitrogens with zero attached hydrogens (tertiary/aromatic N) is 2. The summed E-state index contributed by atoms with van der Waals surface area (Å²) in [4.78, 5) is 7.51. The quantitative estimate of drug-likeness (QED) is 0.931. The molecular weight excluding hydrogens is 257 g/mol. The average Bonchev–Trinajstić information content (AvgIpc) is 2.39. The molecule has 1 heterocycles.